The maximum absolute atomic E-state index is 11.9. The predicted molar refractivity (Wildman–Crippen MR) is 95.8 cm³/mol. The van der Waals surface area contributed by atoms with Gasteiger partial charge in [-0.15, -0.1) is 11.3 Å². The fourth-order valence-electron chi connectivity index (χ4n) is 2.24. The van der Waals surface area contributed by atoms with E-state index in [1.807, 2.05) is 12.3 Å². The van der Waals surface area contributed by atoms with Crippen LogP contribution in [0.3, 0.4) is 0 Å². The first kappa shape index (κ1) is 16.5. The number of hydrogen-bond donors (Lipinski definition) is 2. The van der Waals surface area contributed by atoms with Gasteiger partial charge in [-0.25, -0.2) is 4.98 Å². The summed E-state index contributed by atoms with van der Waals surface area (Å²) in [5.74, 6) is 0.166. The molecule has 1 amide bonds. The lowest BCUT2D eigenvalue weighted by molar-refractivity contribution is 0.0946. The second kappa shape index (κ2) is 7.02. The van der Waals surface area contributed by atoms with Gasteiger partial charge in [0.25, 0.3) is 5.91 Å². The minimum absolute atomic E-state index is 0.183. The van der Waals surface area contributed by atoms with E-state index >= 15 is 0 Å². The van der Waals surface area contributed by atoms with E-state index in [0.717, 1.165) is 15.8 Å². The van der Waals surface area contributed by atoms with Crippen LogP contribution in [-0.2, 0) is 0 Å². The van der Waals surface area contributed by atoms with E-state index < -0.39 is 0 Å². The predicted octanol–water partition coefficient (Wildman–Crippen LogP) is 3.04. The number of nitrogens with two attached hydrogens (primary N) is 1. The largest absolute Gasteiger partial charge is 0.475 e. The van der Waals surface area contributed by atoms with Crippen molar-refractivity contribution >= 4 is 44.7 Å². The molecule has 0 spiro atoms. The van der Waals surface area contributed by atoms with Crippen LogP contribution in [0.1, 0.15) is 15.9 Å². The van der Waals surface area contributed by atoms with Crippen molar-refractivity contribution in [1.82, 2.24) is 15.3 Å². The van der Waals surface area contributed by atoms with Crippen LogP contribution in [0.4, 0.5) is 5.69 Å². The molecule has 3 aromatic heterocycles. The Morgan fingerprint density at radius 3 is 2.92 bits per heavy atom. The summed E-state index contributed by atoms with van der Waals surface area (Å²) in [5.41, 5.74) is 7.98. The van der Waals surface area contributed by atoms with E-state index in [1.165, 1.54) is 11.3 Å². The van der Waals surface area contributed by atoms with Crippen molar-refractivity contribution < 1.29 is 9.53 Å². The molecule has 0 radical (unpaired) electrons. The van der Waals surface area contributed by atoms with Gasteiger partial charge in [-0.1, -0.05) is 11.6 Å². The zero-order chi connectivity index (χ0) is 17.1. The summed E-state index contributed by atoms with van der Waals surface area (Å²) in [4.78, 5) is 21.0. The maximum Gasteiger partial charge on any atom is 0.251 e. The average Bonchev–Trinajstić information content (AvgIpc) is 2.97. The van der Waals surface area contributed by atoms with Crippen molar-refractivity contribution in [2.45, 2.75) is 6.92 Å². The fraction of sp³-hybridized carbons (Fsp3) is 0.188. The lowest BCUT2D eigenvalue weighted by atomic mass is 10.2. The molecule has 0 bridgehead atoms. The molecular weight excluding hydrogens is 348 g/mol. The van der Waals surface area contributed by atoms with Gasteiger partial charge in [0.1, 0.15) is 16.5 Å². The normalized spacial score (nSPS) is 10.8. The van der Waals surface area contributed by atoms with E-state index in [2.05, 4.69) is 15.3 Å². The van der Waals surface area contributed by atoms with Crippen molar-refractivity contribution in [1.29, 1.82) is 0 Å². The molecule has 0 saturated heterocycles. The number of anilines is 1. The molecule has 124 valence electrons. The molecule has 6 nitrogen and oxygen atoms in total. The van der Waals surface area contributed by atoms with Gasteiger partial charge in [-0.3, -0.25) is 9.78 Å². The second-order valence-corrected chi connectivity index (χ2v) is 6.30. The molecule has 3 aromatic rings. The highest BCUT2D eigenvalue weighted by Gasteiger charge is 2.15. The van der Waals surface area contributed by atoms with Crippen LogP contribution >= 0.6 is 22.9 Å². The molecule has 0 aliphatic heterocycles. The fourth-order valence-corrected chi connectivity index (χ4v) is 3.32. The van der Waals surface area contributed by atoms with E-state index in [0.29, 0.717) is 28.7 Å². The van der Waals surface area contributed by atoms with Gasteiger partial charge >= 0.3 is 0 Å². The second-order valence-electron chi connectivity index (χ2n) is 5.07. The Kier molecular flexibility index (Phi) is 4.82. The highest BCUT2D eigenvalue weighted by Crippen LogP contribution is 2.37. The number of aryl methyl sites for hydroxylation is 1. The zero-order valence-corrected chi connectivity index (χ0v) is 14.4. The lowest BCUT2D eigenvalue weighted by Gasteiger charge is -2.10. The Bertz CT molecular complexity index is 883. The third-order valence-electron chi connectivity index (χ3n) is 3.46. The summed E-state index contributed by atoms with van der Waals surface area (Å²) >= 11 is 7.75. The summed E-state index contributed by atoms with van der Waals surface area (Å²) in [7, 11) is 0. The van der Waals surface area contributed by atoms with Gasteiger partial charge in [0.15, 0.2) is 0 Å². The average molecular weight is 363 g/mol. The van der Waals surface area contributed by atoms with Gasteiger partial charge in [0.05, 0.1) is 12.2 Å². The molecule has 0 saturated carbocycles. The van der Waals surface area contributed by atoms with Crippen LogP contribution < -0.4 is 15.8 Å². The summed E-state index contributed by atoms with van der Waals surface area (Å²) in [6.07, 6.45) is 3.14. The monoisotopic (exact) mass is 362 g/mol. The van der Waals surface area contributed by atoms with Gasteiger partial charge in [-0.05, 0) is 24.6 Å². The molecule has 24 heavy (non-hydrogen) atoms. The van der Waals surface area contributed by atoms with E-state index in [4.69, 9.17) is 22.1 Å². The van der Waals surface area contributed by atoms with Crippen LogP contribution in [0.25, 0.3) is 10.2 Å². The third kappa shape index (κ3) is 3.27. The molecule has 3 rings (SSSR count). The summed E-state index contributed by atoms with van der Waals surface area (Å²) in [6, 6.07) is 3.29. The number of thiophene rings is 1. The van der Waals surface area contributed by atoms with Crippen molar-refractivity contribution in [2.75, 3.05) is 18.9 Å². The third-order valence-corrected chi connectivity index (χ3v) is 4.80. The Morgan fingerprint density at radius 1 is 1.42 bits per heavy atom. The van der Waals surface area contributed by atoms with Crippen LogP contribution in [0, 0.1) is 6.92 Å². The maximum atomic E-state index is 11.9. The number of ether oxygens (including phenoxy) is 1. The van der Waals surface area contributed by atoms with Crippen LogP contribution in [0.15, 0.2) is 29.9 Å². The van der Waals surface area contributed by atoms with E-state index in [-0.39, 0.29) is 12.5 Å². The quantitative estimate of drug-likeness (QED) is 0.681. The first-order valence-corrected chi connectivity index (χ1v) is 8.47. The standard InChI is InChI=1S/C16H15ClN4O2S/c1-9-12-11(18)8-24-16(12)21-15(13(9)17)23-7-6-20-14(22)10-2-4-19-5-3-10/h2-5,8H,6-7,18H2,1H3,(H,20,22). The molecule has 0 aromatic carbocycles. The molecule has 0 fully saturated rings. The zero-order valence-electron chi connectivity index (χ0n) is 12.9. The van der Waals surface area contributed by atoms with Gasteiger partial charge in [0, 0.05) is 28.7 Å². The van der Waals surface area contributed by atoms with Crippen molar-refractivity contribution in [3.63, 3.8) is 0 Å². The Hall–Kier alpha value is -2.38. The minimum Gasteiger partial charge on any atom is -0.475 e. The topological polar surface area (TPSA) is 90.1 Å². The Balaban J connectivity index is 1.62. The number of aromatic nitrogens is 2. The number of nitrogens with zero attached hydrogens (tertiary/aromatic N) is 2. The van der Waals surface area contributed by atoms with Gasteiger partial charge in [-0.2, -0.15) is 0 Å². The van der Waals surface area contributed by atoms with Crippen LogP contribution in [-0.4, -0.2) is 29.0 Å². The summed E-state index contributed by atoms with van der Waals surface area (Å²) < 4.78 is 5.62. The SMILES string of the molecule is Cc1c(Cl)c(OCCNC(=O)c2ccncc2)nc2scc(N)c12. The highest BCUT2D eigenvalue weighted by atomic mass is 35.5. The number of carbonyl (C=O) groups is 1. The molecule has 3 heterocycles. The number of nitrogen functional groups attached to an aromatic ring is 1. The van der Waals surface area contributed by atoms with Crippen molar-refractivity contribution in [3.8, 4) is 5.88 Å². The molecule has 0 unspecified atom stereocenters. The molecule has 8 heteroatoms. The number of amides is 1. The number of halogens is 1. The minimum atomic E-state index is -0.183. The van der Waals surface area contributed by atoms with Crippen LogP contribution in [0.5, 0.6) is 5.88 Å². The molecular formula is C16H15ClN4O2S. The first-order chi connectivity index (χ1) is 11.6. The Morgan fingerprint density at radius 2 is 2.17 bits per heavy atom. The van der Waals surface area contributed by atoms with Gasteiger partial charge in [0.2, 0.25) is 5.88 Å². The van der Waals surface area contributed by atoms with Crippen molar-refractivity contribution in [2.24, 2.45) is 0 Å². The highest BCUT2D eigenvalue weighted by molar-refractivity contribution is 7.17. The molecule has 0 aliphatic rings. The van der Waals surface area contributed by atoms with Crippen LogP contribution in [0.2, 0.25) is 5.02 Å². The first-order valence-electron chi connectivity index (χ1n) is 7.21. The van der Waals surface area contributed by atoms with E-state index in [9.17, 15) is 4.79 Å². The van der Waals surface area contributed by atoms with Gasteiger partial charge < -0.3 is 15.8 Å². The molecule has 0 atom stereocenters. The number of pyridine rings is 2. The number of fused-ring (bicyclic) bond motifs is 1. The summed E-state index contributed by atoms with van der Waals surface area (Å²) in [6.45, 7) is 2.48. The smallest absolute Gasteiger partial charge is 0.251 e. The van der Waals surface area contributed by atoms with E-state index in [1.54, 1.807) is 24.5 Å². The van der Waals surface area contributed by atoms with Crippen molar-refractivity contribution in [3.05, 3.63) is 46.1 Å². The Labute approximate surface area is 147 Å². The summed E-state index contributed by atoms with van der Waals surface area (Å²) in [5, 5.41) is 5.90. The number of carbonyl (C=O) groups excluding carboxylic acids is 1. The lowest BCUT2D eigenvalue weighted by Crippen LogP contribution is -2.28. The number of hydrogen-bond acceptors (Lipinski definition) is 6. The molecule has 0 aliphatic carbocycles. The molecule has 3 N–H and O–H groups in total. The number of rotatable bonds is 5. The number of nitrogens with one attached hydrogen (secondary N) is 1.